The van der Waals surface area contributed by atoms with E-state index in [0.717, 1.165) is 18.4 Å². The fourth-order valence-corrected chi connectivity index (χ4v) is 2.81. The molecule has 1 N–H and O–H groups in total. The molecule has 0 aliphatic carbocycles. The van der Waals surface area contributed by atoms with Gasteiger partial charge in [0.25, 0.3) is 0 Å². The van der Waals surface area contributed by atoms with Crippen LogP contribution in [0.5, 0.6) is 0 Å². The van der Waals surface area contributed by atoms with Crippen molar-refractivity contribution in [1.29, 1.82) is 0 Å². The number of nitrogens with zero attached hydrogens (tertiary/aromatic N) is 2. The van der Waals surface area contributed by atoms with Gasteiger partial charge in [-0.15, -0.1) is 0 Å². The molecule has 21 heavy (non-hydrogen) atoms. The molecule has 0 saturated carbocycles. The summed E-state index contributed by atoms with van der Waals surface area (Å²) in [6.07, 6.45) is 5.04. The lowest BCUT2D eigenvalue weighted by Gasteiger charge is -2.37. The molecular weight excluding hydrogens is 270 g/mol. The highest BCUT2D eigenvalue weighted by Gasteiger charge is 2.40. The van der Waals surface area contributed by atoms with Crippen LogP contribution in [-0.2, 0) is 20.8 Å². The minimum atomic E-state index is -0.415. The highest BCUT2D eigenvalue weighted by atomic mass is 16.7. The van der Waals surface area contributed by atoms with Gasteiger partial charge in [-0.25, -0.2) is 0 Å². The van der Waals surface area contributed by atoms with E-state index in [9.17, 15) is 4.79 Å². The highest BCUT2D eigenvalue weighted by molar-refractivity contribution is 5.78. The summed E-state index contributed by atoms with van der Waals surface area (Å²) in [5.74, 6) is -0.279. The summed E-state index contributed by atoms with van der Waals surface area (Å²) in [7, 11) is 0. The number of pyridine rings is 1. The van der Waals surface area contributed by atoms with Crippen molar-refractivity contribution in [1.82, 2.24) is 15.2 Å². The molecule has 0 unspecified atom stereocenters. The maximum absolute atomic E-state index is 12.2. The molecule has 1 aromatic heterocycles. The third kappa shape index (κ3) is 3.58. The summed E-state index contributed by atoms with van der Waals surface area (Å²) >= 11 is 0. The molecule has 0 radical (unpaired) electrons. The number of carbonyl (C=O) groups is 1. The highest BCUT2D eigenvalue weighted by Crippen LogP contribution is 2.31. The largest absolute Gasteiger partial charge is 0.347 e. The van der Waals surface area contributed by atoms with Gasteiger partial charge in [0.1, 0.15) is 0 Å². The van der Waals surface area contributed by atoms with Crippen LogP contribution in [-0.4, -0.2) is 54.4 Å². The molecule has 114 valence electrons. The van der Waals surface area contributed by atoms with Gasteiger partial charge in [-0.3, -0.25) is 9.78 Å². The monoisotopic (exact) mass is 291 g/mol. The van der Waals surface area contributed by atoms with Crippen molar-refractivity contribution >= 4 is 5.91 Å². The lowest BCUT2D eigenvalue weighted by molar-refractivity contribution is -0.187. The van der Waals surface area contributed by atoms with E-state index in [-0.39, 0.29) is 5.91 Å². The van der Waals surface area contributed by atoms with Crippen LogP contribution in [0.25, 0.3) is 0 Å². The van der Waals surface area contributed by atoms with Crippen LogP contribution in [0.3, 0.4) is 0 Å². The van der Waals surface area contributed by atoms with E-state index in [1.807, 2.05) is 17.0 Å². The number of carbonyl (C=O) groups excluding carboxylic acids is 1. The smallest absolute Gasteiger partial charge is 0.236 e. The number of piperidine rings is 1. The molecule has 2 aliphatic rings. The lowest BCUT2D eigenvalue weighted by atomic mass is 10.0. The van der Waals surface area contributed by atoms with E-state index in [1.54, 1.807) is 12.4 Å². The summed E-state index contributed by atoms with van der Waals surface area (Å²) in [6, 6.07) is 3.88. The molecule has 6 nitrogen and oxygen atoms in total. The molecule has 0 bridgehead atoms. The minimum Gasteiger partial charge on any atom is -0.347 e. The first-order valence-corrected chi connectivity index (χ1v) is 7.43. The number of ether oxygens (including phenoxy) is 2. The van der Waals surface area contributed by atoms with E-state index in [2.05, 4.69) is 10.3 Å². The molecule has 2 aliphatic heterocycles. The molecule has 2 saturated heterocycles. The quantitative estimate of drug-likeness (QED) is 0.877. The Bertz CT molecular complexity index is 464. The Balaban J connectivity index is 1.40. The van der Waals surface area contributed by atoms with Gasteiger partial charge < -0.3 is 19.7 Å². The van der Waals surface area contributed by atoms with Gasteiger partial charge in [0.05, 0.1) is 19.8 Å². The van der Waals surface area contributed by atoms with Crippen molar-refractivity contribution < 1.29 is 14.3 Å². The van der Waals surface area contributed by atoms with Crippen LogP contribution in [0.2, 0.25) is 0 Å². The van der Waals surface area contributed by atoms with E-state index in [1.165, 1.54) is 0 Å². The van der Waals surface area contributed by atoms with E-state index >= 15 is 0 Å². The van der Waals surface area contributed by atoms with Crippen molar-refractivity contribution in [2.75, 3.05) is 32.8 Å². The Kier molecular flexibility index (Phi) is 4.48. The molecule has 6 heteroatoms. The fourth-order valence-electron chi connectivity index (χ4n) is 2.81. The fraction of sp³-hybridized carbons (Fsp3) is 0.600. The van der Waals surface area contributed by atoms with Gasteiger partial charge in [0, 0.05) is 44.9 Å². The molecule has 1 aromatic rings. The summed E-state index contributed by atoms with van der Waals surface area (Å²) in [6.45, 7) is 3.78. The van der Waals surface area contributed by atoms with Gasteiger partial charge in [-0.1, -0.05) is 0 Å². The number of hydrogen-bond acceptors (Lipinski definition) is 5. The van der Waals surface area contributed by atoms with E-state index < -0.39 is 5.79 Å². The SMILES string of the molecule is O=C(CNCc1ccncc1)N1CCC2(CC1)OCCO2. The van der Waals surface area contributed by atoms with E-state index in [4.69, 9.17) is 9.47 Å². The van der Waals surface area contributed by atoms with Gasteiger partial charge in [-0.05, 0) is 17.7 Å². The average Bonchev–Trinajstić information content (AvgIpc) is 2.97. The summed E-state index contributed by atoms with van der Waals surface area (Å²) in [5.41, 5.74) is 1.13. The molecule has 3 rings (SSSR count). The summed E-state index contributed by atoms with van der Waals surface area (Å²) in [5, 5.41) is 3.18. The van der Waals surface area contributed by atoms with Crippen LogP contribution in [0.1, 0.15) is 18.4 Å². The predicted molar refractivity (Wildman–Crippen MR) is 76.4 cm³/mol. The first-order valence-electron chi connectivity index (χ1n) is 7.43. The zero-order valence-electron chi connectivity index (χ0n) is 12.1. The van der Waals surface area contributed by atoms with Crippen LogP contribution < -0.4 is 5.32 Å². The third-order valence-corrected chi connectivity index (χ3v) is 4.05. The van der Waals surface area contributed by atoms with Crippen molar-refractivity contribution in [3.8, 4) is 0 Å². The Morgan fingerprint density at radius 3 is 2.57 bits per heavy atom. The van der Waals surface area contributed by atoms with Crippen molar-refractivity contribution in [3.05, 3.63) is 30.1 Å². The Morgan fingerprint density at radius 2 is 1.90 bits per heavy atom. The Morgan fingerprint density at radius 1 is 1.24 bits per heavy atom. The molecule has 0 atom stereocenters. The summed E-state index contributed by atoms with van der Waals surface area (Å²) in [4.78, 5) is 18.0. The zero-order valence-corrected chi connectivity index (χ0v) is 12.1. The minimum absolute atomic E-state index is 0.136. The maximum Gasteiger partial charge on any atom is 0.236 e. The van der Waals surface area contributed by atoms with Crippen molar-refractivity contribution in [2.45, 2.75) is 25.2 Å². The predicted octanol–water partition coefficient (Wildman–Crippen LogP) is 0.537. The van der Waals surface area contributed by atoms with Crippen LogP contribution in [0.15, 0.2) is 24.5 Å². The number of likely N-dealkylation sites (tertiary alicyclic amines) is 1. The zero-order chi connectivity index (χ0) is 14.5. The number of rotatable bonds is 4. The number of aromatic nitrogens is 1. The standard InChI is InChI=1S/C15H21N3O3/c19-14(12-17-11-13-1-5-16-6-2-13)18-7-3-15(4-8-18)20-9-10-21-15/h1-2,5-6,17H,3-4,7-12H2. The van der Waals surface area contributed by atoms with Gasteiger partial charge in [-0.2, -0.15) is 0 Å². The Hall–Kier alpha value is -1.50. The van der Waals surface area contributed by atoms with Crippen LogP contribution in [0, 0.1) is 0 Å². The molecule has 1 amide bonds. The first-order chi connectivity index (χ1) is 10.3. The second-order valence-electron chi connectivity index (χ2n) is 5.45. The van der Waals surface area contributed by atoms with Crippen molar-refractivity contribution in [2.24, 2.45) is 0 Å². The second kappa shape index (κ2) is 6.51. The van der Waals surface area contributed by atoms with Gasteiger partial charge in [0.2, 0.25) is 5.91 Å². The number of amides is 1. The number of hydrogen-bond donors (Lipinski definition) is 1. The average molecular weight is 291 g/mol. The number of nitrogens with one attached hydrogen (secondary N) is 1. The molecule has 3 heterocycles. The topological polar surface area (TPSA) is 63.7 Å². The molecule has 1 spiro atoms. The van der Waals surface area contributed by atoms with Crippen molar-refractivity contribution in [3.63, 3.8) is 0 Å². The second-order valence-corrected chi connectivity index (χ2v) is 5.45. The first kappa shape index (κ1) is 14.4. The normalized spacial score (nSPS) is 20.9. The molecule has 0 aromatic carbocycles. The lowest BCUT2D eigenvalue weighted by Crippen LogP contribution is -2.49. The molecular formula is C15H21N3O3. The van der Waals surface area contributed by atoms with Gasteiger partial charge in [0.15, 0.2) is 5.79 Å². The van der Waals surface area contributed by atoms with Crippen LogP contribution >= 0.6 is 0 Å². The van der Waals surface area contributed by atoms with E-state index in [0.29, 0.717) is 39.4 Å². The summed E-state index contributed by atoms with van der Waals surface area (Å²) < 4.78 is 11.3. The Labute approximate surface area is 124 Å². The maximum atomic E-state index is 12.2. The third-order valence-electron chi connectivity index (χ3n) is 4.05. The molecule has 2 fully saturated rings. The van der Waals surface area contributed by atoms with Crippen LogP contribution in [0.4, 0.5) is 0 Å². The van der Waals surface area contributed by atoms with Gasteiger partial charge >= 0.3 is 0 Å².